The van der Waals surface area contributed by atoms with E-state index in [-0.39, 0.29) is 16.3 Å². The van der Waals surface area contributed by atoms with Crippen LogP contribution in [-0.2, 0) is 22.9 Å². The molecule has 0 aliphatic rings. The van der Waals surface area contributed by atoms with Gasteiger partial charge in [-0.05, 0) is 56.9 Å². The molecule has 0 amide bonds. The Kier molecular flexibility index (Phi) is 7.85. The standard InChI is InChI=1S/C26H31N5O4S/c1-4-10-23-28-18(3)24-26(32)29-25(30-31(23)24)21-17-20(14-15-22(21)35-5-2)36(33,34)27-16-9-13-19-11-7-6-8-12-19/h6-8,11-12,14-15,17,27H,4-5,9-10,13,16H2,1-3H3,(H,29,30,32). The number of ether oxygens (including phenoxy) is 1. The maximum absolute atomic E-state index is 13.1. The molecule has 0 spiro atoms. The van der Waals surface area contributed by atoms with Gasteiger partial charge < -0.3 is 9.72 Å². The summed E-state index contributed by atoms with van der Waals surface area (Å²) in [6.45, 7) is 6.30. The molecule has 2 N–H and O–H groups in total. The number of sulfonamides is 1. The fourth-order valence-electron chi connectivity index (χ4n) is 4.11. The first kappa shape index (κ1) is 25.6. The fraction of sp³-hybridized carbons (Fsp3) is 0.346. The number of imidazole rings is 1. The third kappa shape index (κ3) is 5.50. The van der Waals surface area contributed by atoms with E-state index in [1.165, 1.54) is 12.1 Å². The third-order valence-corrected chi connectivity index (χ3v) is 7.27. The van der Waals surface area contributed by atoms with E-state index in [1.54, 1.807) is 17.5 Å². The first-order valence-corrected chi connectivity index (χ1v) is 13.6. The van der Waals surface area contributed by atoms with Crippen LogP contribution < -0.4 is 15.0 Å². The molecule has 2 heterocycles. The van der Waals surface area contributed by atoms with Gasteiger partial charge in [0.1, 0.15) is 11.6 Å². The van der Waals surface area contributed by atoms with Crippen molar-refractivity contribution in [3.05, 3.63) is 76.0 Å². The van der Waals surface area contributed by atoms with Gasteiger partial charge in [-0.15, -0.1) is 5.10 Å². The molecule has 10 heteroatoms. The summed E-state index contributed by atoms with van der Waals surface area (Å²) in [5, 5.41) is 4.62. The minimum Gasteiger partial charge on any atom is -0.493 e. The summed E-state index contributed by atoms with van der Waals surface area (Å²) >= 11 is 0. The minimum atomic E-state index is -3.79. The summed E-state index contributed by atoms with van der Waals surface area (Å²) in [6.07, 6.45) is 2.94. The van der Waals surface area contributed by atoms with Gasteiger partial charge in [0.05, 0.1) is 22.8 Å². The Morgan fingerprint density at radius 1 is 1.08 bits per heavy atom. The Morgan fingerprint density at radius 3 is 2.58 bits per heavy atom. The van der Waals surface area contributed by atoms with Crippen LogP contribution in [0, 0.1) is 6.92 Å². The number of benzene rings is 2. The van der Waals surface area contributed by atoms with Crippen LogP contribution in [0.1, 0.15) is 43.8 Å². The highest BCUT2D eigenvalue weighted by molar-refractivity contribution is 7.89. The van der Waals surface area contributed by atoms with Crippen LogP contribution in [0.5, 0.6) is 5.75 Å². The first-order valence-electron chi connectivity index (χ1n) is 12.1. The molecular weight excluding hydrogens is 478 g/mol. The summed E-state index contributed by atoms with van der Waals surface area (Å²) < 4.78 is 36.1. The van der Waals surface area contributed by atoms with Crippen molar-refractivity contribution < 1.29 is 13.2 Å². The molecule has 0 radical (unpaired) electrons. The Labute approximate surface area is 210 Å². The van der Waals surface area contributed by atoms with Crippen molar-refractivity contribution in [2.75, 3.05) is 13.2 Å². The van der Waals surface area contributed by atoms with E-state index < -0.39 is 10.0 Å². The Balaban J connectivity index is 1.66. The van der Waals surface area contributed by atoms with Crippen LogP contribution in [-0.4, -0.2) is 41.2 Å². The van der Waals surface area contributed by atoms with Crippen LogP contribution in [0.4, 0.5) is 0 Å². The molecule has 4 rings (SSSR count). The number of fused-ring (bicyclic) bond motifs is 1. The van der Waals surface area contributed by atoms with E-state index >= 15 is 0 Å². The lowest BCUT2D eigenvalue weighted by Gasteiger charge is -2.13. The van der Waals surface area contributed by atoms with Crippen LogP contribution in [0.15, 0.2) is 58.2 Å². The van der Waals surface area contributed by atoms with Crippen LogP contribution >= 0.6 is 0 Å². The molecule has 2 aromatic carbocycles. The molecule has 0 aliphatic heterocycles. The number of aromatic nitrogens is 4. The average Bonchev–Trinajstić information content (AvgIpc) is 3.18. The van der Waals surface area contributed by atoms with Gasteiger partial charge in [0, 0.05) is 13.0 Å². The molecule has 0 unspecified atom stereocenters. The van der Waals surface area contributed by atoms with E-state index in [1.807, 2.05) is 44.2 Å². The highest BCUT2D eigenvalue weighted by Crippen LogP contribution is 2.30. The molecule has 0 saturated heterocycles. The summed E-state index contributed by atoms with van der Waals surface area (Å²) in [5.41, 5.74) is 2.17. The maximum atomic E-state index is 13.1. The summed E-state index contributed by atoms with van der Waals surface area (Å²) in [6, 6.07) is 14.5. The molecule has 0 atom stereocenters. The zero-order chi connectivity index (χ0) is 25.7. The van der Waals surface area contributed by atoms with E-state index in [2.05, 4.69) is 19.8 Å². The average molecular weight is 510 g/mol. The van der Waals surface area contributed by atoms with E-state index in [0.717, 1.165) is 18.4 Å². The number of aromatic amines is 1. The monoisotopic (exact) mass is 509 g/mol. The Morgan fingerprint density at radius 2 is 1.86 bits per heavy atom. The smallest absolute Gasteiger partial charge is 0.277 e. The molecule has 0 bridgehead atoms. The second-order valence-electron chi connectivity index (χ2n) is 8.50. The number of H-pyrrole nitrogens is 1. The van der Waals surface area contributed by atoms with Gasteiger partial charge in [0.25, 0.3) is 5.56 Å². The molecule has 0 fully saturated rings. The van der Waals surface area contributed by atoms with Gasteiger partial charge >= 0.3 is 0 Å². The van der Waals surface area contributed by atoms with Crippen molar-refractivity contribution in [3.8, 4) is 17.1 Å². The number of aryl methyl sites for hydroxylation is 3. The molecular formula is C26H31N5O4S. The number of nitrogens with one attached hydrogen (secondary N) is 2. The SMILES string of the molecule is CCCc1nc(C)c2c(=O)[nH]c(-c3cc(S(=O)(=O)NCCCc4ccccc4)ccc3OCC)nn12. The molecule has 190 valence electrons. The predicted molar refractivity (Wildman–Crippen MR) is 139 cm³/mol. The highest BCUT2D eigenvalue weighted by Gasteiger charge is 2.20. The Bertz CT molecular complexity index is 1510. The number of nitrogens with zero attached hydrogens (tertiary/aromatic N) is 3. The topological polar surface area (TPSA) is 118 Å². The third-order valence-electron chi connectivity index (χ3n) is 5.81. The van der Waals surface area contributed by atoms with Gasteiger partial charge in [0.2, 0.25) is 10.0 Å². The normalized spacial score (nSPS) is 11.8. The van der Waals surface area contributed by atoms with Crippen molar-refractivity contribution in [1.82, 2.24) is 24.3 Å². The quantitative estimate of drug-likeness (QED) is 0.298. The van der Waals surface area contributed by atoms with Gasteiger partial charge in [-0.3, -0.25) is 4.79 Å². The van der Waals surface area contributed by atoms with Gasteiger partial charge in [-0.2, -0.15) is 0 Å². The van der Waals surface area contributed by atoms with Gasteiger partial charge in [0.15, 0.2) is 11.3 Å². The van der Waals surface area contributed by atoms with Crippen LogP contribution in [0.3, 0.4) is 0 Å². The van der Waals surface area contributed by atoms with Crippen molar-refractivity contribution >= 4 is 15.5 Å². The van der Waals surface area contributed by atoms with Gasteiger partial charge in [-0.25, -0.2) is 22.6 Å². The lowest BCUT2D eigenvalue weighted by Crippen LogP contribution is -2.25. The predicted octanol–water partition coefficient (Wildman–Crippen LogP) is 3.66. The van der Waals surface area contributed by atoms with Crippen molar-refractivity contribution in [2.45, 2.75) is 51.3 Å². The van der Waals surface area contributed by atoms with E-state index in [0.29, 0.717) is 54.3 Å². The zero-order valence-corrected chi connectivity index (χ0v) is 21.6. The molecule has 2 aromatic heterocycles. The number of hydrogen-bond donors (Lipinski definition) is 2. The molecule has 0 aliphatic carbocycles. The molecule has 36 heavy (non-hydrogen) atoms. The summed E-state index contributed by atoms with van der Waals surface area (Å²) in [5.74, 6) is 1.32. The second-order valence-corrected chi connectivity index (χ2v) is 10.3. The summed E-state index contributed by atoms with van der Waals surface area (Å²) in [7, 11) is -3.79. The maximum Gasteiger partial charge on any atom is 0.277 e. The van der Waals surface area contributed by atoms with Crippen LogP contribution in [0.2, 0.25) is 0 Å². The van der Waals surface area contributed by atoms with Crippen LogP contribution in [0.25, 0.3) is 16.9 Å². The molecule has 9 nitrogen and oxygen atoms in total. The van der Waals surface area contributed by atoms with Gasteiger partial charge in [-0.1, -0.05) is 37.3 Å². The second kappa shape index (κ2) is 11.0. The molecule has 0 saturated carbocycles. The largest absolute Gasteiger partial charge is 0.493 e. The fourth-order valence-corrected chi connectivity index (χ4v) is 5.21. The number of hydrogen-bond acceptors (Lipinski definition) is 6. The first-order chi connectivity index (χ1) is 17.3. The lowest BCUT2D eigenvalue weighted by molar-refractivity contribution is 0.341. The Hall–Kier alpha value is -3.50. The lowest BCUT2D eigenvalue weighted by atomic mass is 10.1. The van der Waals surface area contributed by atoms with Crippen molar-refractivity contribution in [2.24, 2.45) is 0 Å². The van der Waals surface area contributed by atoms with Crippen molar-refractivity contribution in [1.29, 1.82) is 0 Å². The zero-order valence-electron chi connectivity index (χ0n) is 20.7. The molecule has 4 aromatic rings. The summed E-state index contributed by atoms with van der Waals surface area (Å²) in [4.78, 5) is 20.3. The van der Waals surface area contributed by atoms with E-state index in [9.17, 15) is 13.2 Å². The van der Waals surface area contributed by atoms with Crippen molar-refractivity contribution in [3.63, 3.8) is 0 Å². The highest BCUT2D eigenvalue weighted by atomic mass is 32.2. The number of rotatable bonds is 11. The van der Waals surface area contributed by atoms with E-state index in [4.69, 9.17) is 4.74 Å². The minimum absolute atomic E-state index is 0.0685.